The van der Waals surface area contributed by atoms with Crippen molar-refractivity contribution < 1.29 is 9.90 Å². The van der Waals surface area contributed by atoms with E-state index in [1.807, 2.05) is 26.0 Å². The summed E-state index contributed by atoms with van der Waals surface area (Å²) in [6, 6.07) is 9.72. The molecule has 0 aliphatic carbocycles. The smallest absolute Gasteiger partial charge is 0.341 e. The van der Waals surface area contributed by atoms with Gasteiger partial charge in [-0.15, -0.1) is 12.4 Å². The number of aromatic carboxylic acids is 1. The van der Waals surface area contributed by atoms with Gasteiger partial charge in [-0.25, -0.2) is 9.78 Å². The zero-order valence-electron chi connectivity index (χ0n) is 19.1. The molecule has 9 heteroatoms. The van der Waals surface area contributed by atoms with Crippen LogP contribution < -0.4 is 16.9 Å². The minimum absolute atomic E-state index is 0. The fourth-order valence-electron chi connectivity index (χ4n) is 4.10. The lowest BCUT2D eigenvalue weighted by atomic mass is 9.92. The Kier molecular flexibility index (Phi) is 6.93. The summed E-state index contributed by atoms with van der Waals surface area (Å²) >= 11 is 0. The van der Waals surface area contributed by atoms with Gasteiger partial charge in [0.1, 0.15) is 11.4 Å². The third kappa shape index (κ3) is 4.45. The molecule has 0 aliphatic heterocycles. The summed E-state index contributed by atoms with van der Waals surface area (Å²) in [6.45, 7) is 6.55. The summed E-state index contributed by atoms with van der Waals surface area (Å²) in [7, 11) is 0. The van der Waals surface area contributed by atoms with Crippen molar-refractivity contribution >= 4 is 41.0 Å². The normalized spacial score (nSPS) is 10.8. The Labute approximate surface area is 202 Å². The number of carboxylic acids is 1. The van der Waals surface area contributed by atoms with E-state index in [2.05, 4.69) is 29.0 Å². The highest BCUT2D eigenvalue weighted by Crippen LogP contribution is 2.30. The van der Waals surface area contributed by atoms with Gasteiger partial charge in [-0.3, -0.25) is 4.79 Å². The summed E-state index contributed by atoms with van der Waals surface area (Å²) in [6.07, 6.45) is 3.60. The molecule has 4 rings (SSSR count). The fourth-order valence-corrected chi connectivity index (χ4v) is 4.10. The molecule has 0 bridgehead atoms. The number of anilines is 2. The van der Waals surface area contributed by atoms with E-state index in [1.165, 1.54) is 6.20 Å². The van der Waals surface area contributed by atoms with Crippen LogP contribution in [0.3, 0.4) is 0 Å². The summed E-state index contributed by atoms with van der Waals surface area (Å²) in [5.41, 5.74) is 17.7. The minimum Gasteiger partial charge on any atom is -0.477 e. The van der Waals surface area contributed by atoms with Gasteiger partial charge in [-0.1, -0.05) is 18.2 Å². The van der Waals surface area contributed by atoms with E-state index in [-0.39, 0.29) is 23.9 Å². The highest BCUT2D eigenvalue weighted by molar-refractivity contribution is 5.94. The Morgan fingerprint density at radius 1 is 1.15 bits per heavy atom. The lowest BCUT2D eigenvalue weighted by Crippen LogP contribution is -2.18. The number of carbonyl (C=O) groups is 1. The number of halogens is 1. The van der Waals surface area contributed by atoms with Crippen LogP contribution in [0.4, 0.5) is 11.8 Å². The van der Waals surface area contributed by atoms with Gasteiger partial charge >= 0.3 is 5.97 Å². The number of hydrogen-bond acceptors (Lipinski definition) is 6. The molecule has 0 radical (unpaired) electrons. The largest absolute Gasteiger partial charge is 0.477 e. The van der Waals surface area contributed by atoms with Crippen molar-refractivity contribution in [3.8, 4) is 11.1 Å². The summed E-state index contributed by atoms with van der Waals surface area (Å²) in [5, 5.41) is 9.78. The lowest BCUT2D eigenvalue weighted by Gasteiger charge is -2.16. The molecule has 2 aromatic carbocycles. The van der Waals surface area contributed by atoms with Gasteiger partial charge < -0.3 is 21.1 Å². The quantitative estimate of drug-likeness (QED) is 0.393. The van der Waals surface area contributed by atoms with E-state index < -0.39 is 11.4 Å². The van der Waals surface area contributed by atoms with Crippen molar-refractivity contribution in [2.24, 2.45) is 0 Å². The second-order valence-corrected chi connectivity index (χ2v) is 8.10. The first-order chi connectivity index (χ1) is 15.7. The van der Waals surface area contributed by atoms with Crippen LogP contribution in [0, 0.1) is 13.8 Å². The lowest BCUT2D eigenvalue weighted by molar-refractivity contribution is 0.0695. The van der Waals surface area contributed by atoms with Crippen LogP contribution in [-0.2, 0) is 13.0 Å². The average Bonchev–Trinajstić information content (AvgIpc) is 2.77. The molecule has 4 aromatic rings. The maximum absolute atomic E-state index is 12.7. The van der Waals surface area contributed by atoms with Gasteiger partial charge in [0.05, 0.1) is 5.52 Å². The number of rotatable bonds is 5. The standard InChI is InChI=1S/C25H25N5O3.ClH/c1-4-30-12-20(24(32)33)22(31)18-6-5-16(10-21(18)30)19-9-15(7-13(2)14(19)3)8-17-11-28-25(27)29-23(17)26;/h5-7,9-12H,4,8H2,1-3H3,(H,32,33)(H4,26,27,28,29);1H. The van der Waals surface area contributed by atoms with Gasteiger partial charge in [0.25, 0.3) is 0 Å². The van der Waals surface area contributed by atoms with Crippen LogP contribution in [0.5, 0.6) is 0 Å². The topological polar surface area (TPSA) is 137 Å². The Morgan fingerprint density at radius 2 is 1.88 bits per heavy atom. The van der Waals surface area contributed by atoms with Crippen molar-refractivity contribution in [1.82, 2.24) is 14.5 Å². The highest BCUT2D eigenvalue weighted by Gasteiger charge is 2.16. The monoisotopic (exact) mass is 479 g/mol. The third-order valence-electron chi connectivity index (χ3n) is 6.00. The second kappa shape index (κ2) is 9.52. The summed E-state index contributed by atoms with van der Waals surface area (Å²) < 4.78 is 1.79. The van der Waals surface area contributed by atoms with Gasteiger partial charge in [0, 0.05) is 36.3 Å². The molecule has 0 saturated heterocycles. The predicted molar refractivity (Wildman–Crippen MR) is 137 cm³/mol. The Balaban J connectivity index is 0.00000324. The van der Waals surface area contributed by atoms with E-state index in [0.717, 1.165) is 33.4 Å². The zero-order valence-corrected chi connectivity index (χ0v) is 19.9. The minimum atomic E-state index is -1.22. The van der Waals surface area contributed by atoms with Crippen LogP contribution in [0.15, 0.2) is 47.5 Å². The van der Waals surface area contributed by atoms with Crippen LogP contribution in [0.1, 0.15) is 39.5 Å². The Bertz CT molecular complexity index is 1480. The van der Waals surface area contributed by atoms with Crippen LogP contribution >= 0.6 is 12.4 Å². The summed E-state index contributed by atoms with van der Waals surface area (Å²) in [4.78, 5) is 32.3. The van der Waals surface area contributed by atoms with Crippen LogP contribution in [0.25, 0.3) is 22.0 Å². The Morgan fingerprint density at radius 3 is 2.53 bits per heavy atom. The maximum Gasteiger partial charge on any atom is 0.341 e. The molecule has 0 aliphatic rings. The van der Waals surface area contributed by atoms with E-state index in [0.29, 0.717) is 29.7 Å². The average molecular weight is 480 g/mol. The molecule has 2 heterocycles. The molecule has 176 valence electrons. The number of pyridine rings is 1. The molecule has 5 N–H and O–H groups in total. The van der Waals surface area contributed by atoms with Crippen molar-refractivity contribution in [1.29, 1.82) is 0 Å². The number of nitrogens with zero attached hydrogens (tertiary/aromatic N) is 3. The first-order valence-corrected chi connectivity index (χ1v) is 10.6. The molecule has 34 heavy (non-hydrogen) atoms. The van der Waals surface area contributed by atoms with Crippen LogP contribution in [-0.4, -0.2) is 25.6 Å². The number of benzene rings is 2. The molecule has 0 fully saturated rings. The number of aryl methyl sites for hydroxylation is 2. The van der Waals surface area contributed by atoms with Gasteiger partial charge in [0.15, 0.2) is 0 Å². The molecular formula is C25H26ClN5O3. The van der Waals surface area contributed by atoms with Crippen molar-refractivity contribution in [2.75, 3.05) is 11.5 Å². The van der Waals surface area contributed by atoms with Crippen molar-refractivity contribution in [2.45, 2.75) is 33.7 Å². The van der Waals surface area contributed by atoms with E-state index >= 15 is 0 Å². The second-order valence-electron chi connectivity index (χ2n) is 8.10. The molecule has 2 aromatic heterocycles. The number of fused-ring (bicyclic) bond motifs is 1. The van der Waals surface area contributed by atoms with E-state index in [9.17, 15) is 14.7 Å². The van der Waals surface area contributed by atoms with Gasteiger partial charge in [-0.2, -0.15) is 4.98 Å². The number of carboxylic acid groups (broad SMARTS) is 1. The first kappa shape index (κ1) is 24.7. The maximum atomic E-state index is 12.7. The van der Waals surface area contributed by atoms with Crippen molar-refractivity contribution in [3.63, 3.8) is 0 Å². The predicted octanol–water partition coefficient (Wildman–Crippen LogP) is 3.97. The summed E-state index contributed by atoms with van der Waals surface area (Å²) in [5.74, 6) is -0.728. The first-order valence-electron chi connectivity index (χ1n) is 10.6. The van der Waals surface area contributed by atoms with E-state index in [1.54, 1.807) is 16.8 Å². The zero-order chi connectivity index (χ0) is 23.9. The molecule has 0 amide bonds. The van der Waals surface area contributed by atoms with E-state index in [4.69, 9.17) is 11.5 Å². The number of nitrogens with two attached hydrogens (primary N) is 2. The molecular weight excluding hydrogens is 454 g/mol. The number of aromatic nitrogens is 3. The molecule has 8 nitrogen and oxygen atoms in total. The fraction of sp³-hybridized carbons (Fsp3) is 0.200. The number of nitrogen functional groups attached to an aromatic ring is 2. The highest BCUT2D eigenvalue weighted by atomic mass is 35.5. The molecule has 0 saturated carbocycles. The SMILES string of the molecule is CCn1cc(C(=O)O)c(=O)c2ccc(-c3cc(Cc4cnc(N)nc4N)cc(C)c3C)cc21.Cl. The van der Waals surface area contributed by atoms with Gasteiger partial charge in [0.2, 0.25) is 11.4 Å². The molecule has 0 unspecified atom stereocenters. The third-order valence-corrected chi connectivity index (χ3v) is 6.00. The van der Waals surface area contributed by atoms with Gasteiger partial charge in [-0.05, 0) is 60.7 Å². The number of hydrogen-bond donors (Lipinski definition) is 3. The Hall–Kier alpha value is -3.91. The van der Waals surface area contributed by atoms with Crippen molar-refractivity contribution in [3.05, 3.63) is 80.8 Å². The van der Waals surface area contributed by atoms with Crippen LogP contribution in [0.2, 0.25) is 0 Å². The molecule has 0 atom stereocenters. The molecule has 0 spiro atoms.